The molecule has 1 heterocycles. The summed E-state index contributed by atoms with van der Waals surface area (Å²) in [4.78, 5) is 12.0. The molecule has 124 valence electrons. The molecule has 0 unspecified atom stereocenters. The Kier molecular flexibility index (Phi) is 5.14. The fourth-order valence-electron chi connectivity index (χ4n) is 1.69. The highest BCUT2D eigenvalue weighted by Crippen LogP contribution is 2.30. The number of halogens is 3. The van der Waals surface area contributed by atoms with Crippen molar-refractivity contribution >= 4 is 17.7 Å². The number of thioether (sulfide) groups is 1. The molecule has 0 radical (unpaired) electrons. The largest absolute Gasteiger partial charge is 0.453 e. The van der Waals surface area contributed by atoms with Crippen LogP contribution in [0.4, 0.5) is 13.2 Å². The Hall–Kier alpha value is -2.23. The number of rotatable bonds is 5. The topological polar surface area (TPSA) is 85.8 Å². The van der Waals surface area contributed by atoms with E-state index in [0.29, 0.717) is 11.2 Å². The second kappa shape index (κ2) is 6.90. The molecule has 2 aromatic rings. The van der Waals surface area contributed by atoms with Crippen molar-refractivity contribution in [3.05, 3.63) is 41.7 Å². The molecule has 0 saturated carbocycles. The van der Waals surface area contributed by atoms with Gasteiger partial charge in [-0.1, -0.05) is 42.1 Å². The van der Waals surface area contributed by atoms with Crippen molar-refractivity contribution in [2.75, 3.05) is 5.84 Å². The number of nitrogens with two attached hydrogens (primary N) is 1. The van der Waals surface area contributed by atoms with Crippen molar-refractivity contribution in [2.45, 2.75) is 30.1 Å². The maximum atomic E-state index is 12.6. The zero-order valence-corrected chi connectivity index (χ0v) is 12.9. The van der Waals surface area contributed by atoms with Crippen molar-refractivity contribution in [2.24, 2.45) is 0 Å². The molecule has 0 aliphatic heterocycles. The molecule has 1 amide bonds. The van der Waals surface area contributed by atoms with Gasteiger partial charge in [0.25, 0.3) is 5.82 Å². The number of hydrogen-bond acceptors (Lipinski definition) is 5. The van der Waals surface area contributed by atoms with Crippen LogP contribution in [0.3, 0.4) is 0 Å². The van der Waals surface area contributed by atoms with Gasteiger partial charge in [0, 0.05) is 6.54 Å². The highest BCUT2D eigenvalue weighted by Gasteiger charge is 2.38. The third kappa shape index (κ3) is 4.38. The van der Waals surface area contributed by atoms with Crippen molar-refractivity contribution < 1.29 is 18.0 Å². The number of carbonyl (C=O) groups excluding carboxylic acids is 1. The van der Waals surface area contributed by atoms with Crippen LogP contribution in [-0.2, 0) is 17.5 Å². The zero-order chi connectivity index (χ0) is 17.0. The fraction of sp³-hybridized carbons (Fsp3) is 0.308. The second-order valence-corrected chi connectivity index (χ2v) is 5.95. The van der Waals surface area contributed by atoms with Crippen molar-refractivity contribution in [1.29, 1.82) is 0 Å². The molecule has 1 aromatic heterocycles. The van der Waals surface area contributed by atoms with Gasteiger partial charge in [-0.05, 0) is 12.5 Å². The zero-order valence-electron chi connectivity index (χ0n) is 12.0. The molecular formula is C13H14F3N5OS. The van der Waals surface area contributed by atoms with E-state index >= 15 is 0 Å². The minimum Gasteiger partial charge on any atom is -0.351 e. The Balaban J connectivity index is 1.95. The first kappa shape index (κ1) is 17.1. The van der Waals surface area contributed by atoms with Crippen LogP contribution in [0.5, 0.6) is 0 Å². The minimum atomic E-state index is -4.70. The minimum absolute atomic E-state index is 0.181. The quantitative estimate of drug-likeness (QED) is 0.638. The van der Waals surface area contributed by atoms with Gasteiger partial charge in [0.15, 0.2) is 0 Å². The number of carbonyl (C=O) groups is 1. The van der Waals surface area contributed by atoms with Gasteiger partial charge in [-0.2, -0.15) is 13.2 Å². The number of alkyl halides is 3. The van der Waals surface area contributed by atoms with Gasteiger partial charge in [0.1, 0.15) is 0 Å². The molecule has 6 nitrogen and oxygen atoms in total. The van der Waals surface area contributed by atoms with E-state index in [1.54, 1.807) is 6.92 Å². The van der Waals surface area contributed by atoms with Gasteiger partial charge in [0.05, 0.1) is 5.25 Å². The van der Waals surface area contributed by atoms with E-state index in [4.69, 9.17) is 5.84 Å². The maximum absolute atomic E-state index is 12.6. The number of nitrogens with one attached hydrogen (secondary N) is 1. The number of aromatic nitrogens is 3. The number of benzene rings is 1. The number of amides is 1. The van der Waals surface area contributed by atoms with Gasteiger partial charge in [-0.3, -0.25) is 4.79 Å². The lowest BCUT2D eigenvalue weighted by Gasteiger charge is -2.12. The average Bonchev–Trinajstić information content (AvgIpc) is 2.87. The number of nitrogens with zero attached hydrogens (tertiary/aromatic N) is 3. The molecule has 0 saturated heterocycles. The molecule has 10 heteroatoms. The summed E-state index contributed by atoms with van der Waals surface area (Å²) in [7, 11) is 0. The molecule has 0 aliphatic carbocycles. The Bertz CT molecular complexity index is 674. The molecule has 2 rings (SSSR count). The Morgan fingerprint density at radius 3 is 2.57 bits per heavy atom. The van der Waals surface area contributed by atoms with Gasteiger partial charge in [-0.25, -0.2) is 4.68 Å². The lowest BCUT2D eigenvalue weighted by molar-refractivity contribution is -0.146. The Labute approximate surface area is 134 Å². The Morgan fingerprint density at radius 1 is 1.35 bits per heavy atom. The normalized spacial score (nSPS) is 12.9. The van der Waals surface area contributed by atoms with E-state index in [0.717, 1.165) is 17.3 Å². The van der Waals surface area contributed by atoms with Crippen LogP contribution in [0.2, 0.25) is 0 Å². The highest BCUT2D eigenvalue weighted by atomic mass is 32.2. The van der Waals surface area contributed by atoms with E-state index in [9.17, 15) is 18.0 Å². The number of nitrogen functional groups attached to an aromatic ring is 1. The first-order valence-corrected chi connectivity index (χ1v) is 7.43. The van der Waals surface area contributed by atoms with Crippen LogP contribution < -0.4 is 11.2 Å². The molecular weight excluding hydrogens is 331 g/mol. The summed E-state index contributed by atoms with van der Waals surface area (Å²) < 4.78 is 38.1. The van der Waals surface area contributed by atoms with E-state index in [2.05, 4.69) is 15.5 Å². The third-order valence-electron chi connectivity index (χ3n) is 2.88. The first-order chi connectivity index (χ1) is 10.8. The number of hydrogen-bond donors (Lipinski definition) is 2. The van der Waals surface area contributed by atoms with Crippen LogP contribution in [0.15, 0.2) is 35.5 Å². The Morgan fingerprint density at radius 2 is 2.00 bits per heavy atom. The third-order valence-corrected chi connectivity index (χ3v) is 3.94. The molecule has 23 heavy (non-hydrogen) atoms. The van der Waals surface area contributed by atoms with Crippen LogP contribution in [0, 0.1) is 0 Å². The monoisotopic (exact) mass is 345 g/mol. The predicted molar refractivity (Wildman–Crippen MR) is 78.8 cm³/mol. The van der Waals surface area contributed by atoms with E-state index in [1.165, 1.54) is 0 Å². The van der Waals surface area contributed by atoms with Crippen molar-refractivity contribution in [3.63, 3.8) is 0 Å². The molecule has 0 spiro atoms. The fourth-order valence-corrected chi connectivity index (χ4v) is 2.49. The predicted octanol–water partition coefficient (Wildman–Crippen LogP) is 1.81. The van der Waals surface area contributed by atoms with Crippen LogP contribution in [0.1, 0.15) is 18.3 Å². The van der Waals surface area contributed by atoms with Crippen LogP contribution >= 0.6 is 11.8 Å². The molecule has 0 bridgehead atoms. The maximum Gasteiger partial charge on any atom is 0.453 e. The van der Waals surface area contributed by atoms with Gasteiger partial charge < -0.3 is 11.2 Å². The van der Waals surface area contributed by atoms with E-state index in [1.807, 2.05) is 30.3 Å². The summed E-state index contributed by atoms with van der Waals surface area (Å²) in [5.74, 6) is 3.68. The van der Waals surface area contributed by atoms with Gasteiger partial charge >= 0.3 is 6.18 Å². The first-order valence-electron chi connectivity index (χ1n) is 6.55. The lowest BCUT2D eigenvalue weighted by atomic mass is 10.2. The SMILES string of the molecule is C[C@H](Sc1nnc(C(F)(F)F)n1N)C(=O)NCc1ccccc1. The summed E-state index contributed by atoms with van der Waals surface area (Å²) in [5, 5.41) is 8.22. The summed E-state index contributed by atoms with van der Waals surface area (Å²) in [5.41, 5.74) is 0.916. The average molecular weight is 345 g/mol. The summed E-state index contributed by atoms with van der Waals surface area (Å²) in [6, 6.07) is 9.25. The van der Waals surface area contributed by atoms with E-state index in [-0.39, 0.29) is 11.1 Å². The van der Waals surface area contributed by atoms with Crippen molar-refractivity contribution in [3.8, 4) is 0 Å². The second-order valence-electron chi connectivity index (χ2n) is 4.64. The van der Waals surface area contributed by atoms with E-state index < -0.39 is 17.3 Å². The standard InChI is InChI=1S/C13H14F3N5OS/c1-8(10(22)18-7-9-5-3-2-4-6-9)23-12-20-19-11(21(12)17)13(14,15)16/h2-6,8H,7,17H2,1H3,(H,18,22)/t8-/m0/s1. The molecule has 1 atom stereocenters. The summed E-state index contributed by atoms with van der Waals surface area (Å²) in [6.07, 6.45) is -4.70. The summed E-state index contributed by atoms with van der Waals surface area (Å²) >= 11 is 0.803. The highest BCUT2D eigenvalue weighted by molar-refractivity contribution is 8.00. The molecule has 1 aromatic carbocycles. The molecule has 3 N–H and O–H groups in total. The van der Waals surface area contributed by atoms with Gasteiger partial charge in [-0.15, -0.1) is 10.2 Å². The van der Waals surface area contributed by atoms with Crippen molar-refractivity contribution in [1.82, 2.24) is 20.2 Å². The van der Waals surface area contributed by atoms with Crippen LogP contribution in [-0.4, -0.2) is 26.0 Å². The lowest BCUT2D eigenvalue weighted by Crippen LogP contribution is -2.31. The van der Waals surface area contributed by atoms with Crippen LogP contribution in [0.25, 0.3) is 0 Å². The molecule has 0 fully saturated rings. The summed E-state index contributed by atoms with van der Waals surface area (Å²) in [6.45, 7) is 1.88. The molecule has 0 aliphatic rings. The smallest absolute Gasteiger partial charge is 0.351 e. The van der Waals surface area contributed by atoms with Gasteiger partial charge in [0.2, 0.25) is 11.1 Å².